The van der Waals surface area contributed by atoms with Gasteiger partial charge in [0.1, 0.15) is 0 Å². The highest BCUT2D eigenvalue weighted by atomic mass is 16.5. The molecule has 0 radical (unpaired) electrons. The van der Waals surface area contributed by atoms with E-state index in [1.807, 2.05) is 13.0 Å². The Kier molecular flexibility index (Phi) is 4.47. The van der Waals surface area contributed by atoms with Crippen molar-refractivity contribution >= 4 is 0 Å². The SMILES string of the molecule is CCC(NCCc1nc(C)no1)c1ccccc1. The van der Waals surface area contributed by atoms with Gasteiger partial charge in [0.15, 0.2) is 5.82 Å². The summed E-state index contributed by atoms with van der Waals surface area (Å²) in [4.78, 5) is 4.19. The Hall–Kier alpha value is -1.68. The number of aromatic nitrogens is 2. The fourth-order valence-electron chi connectivity index (χ4n) is 1.98. The molecule has 0 spiro atoms. The van der Waals surface area contributed by atoms with Crippen LogP contribution in [-0.2, 0) is 6.42 Å². The maximum atomic E-state index is 5.08. The second kappa shape index (κ2) is 6.31. The molecule has 1 N–H and O–H groups in total. The minimum atomic E-state index is 0.384. The average Bonchev–Trinajstić information content (AvgIpc) is 2.81. The van der Waals surface area contributed by atoms with Gasteiger partial charge in [-0.3, -0.25) is 0 Å². The molecule has 0 bridgehead atoms. The number of nitrogens with one attached hydrogen (secondary N) is 1. The van der Waals surface area contributed by atoms with Gasteiger partial charge in [0.05, 0.1) is 0 Å². The average molecular weight is 245 g/mol. The van der Waals surface area contributed by atoms with Crippen LogP contribution in [0.1, 0.15) is 36.7 Å². The summed E-state index contributed by atoms with van der Waals surface area (Å²) >= 11 is 0. The van der Waals surface area contributed by atoms with Crippen LogP contribution in [-0.4, -0.2) is 16.7 Å². The van der Waals surface area contributed by atoms with E-state index in [4.69, 9.17) is 4.52 Å². The van der Waals surface area contributed by atoms with Crippen molar-refractivity contribution in [2.75, 3.05) is 6.54 Å². The Morgan fingerprint density at radius 2 is 2.06 bits per heavy atom. The van der Waals surface area contributed by atoms with Crippen molar-refractivity contribution in [2.24, 2.45) is 0 Å². The molecule has 0 aliphatic rings. The molecule has 1 atom stereocenters. The molecule has 1 aromatic carbocycles. The minimum Gasteiger partial charge on any atom is -0.339 e. The van der Waals surface area contributed by atoms with Crippen LogP contribution in [0.25, 0.3) is 0 Å². The normalized spacial score (nSPS) is 12.6. The van der Waals surface area contributed by atoms with E-state index in [0.29, 0.717) is 17.8 Å². The first-order valence-corrected chi connectivity index (χ1v) is 6.37. The summed E-state index contributed by atoms with van der Waals surface area (Å²) in [5.74, 6) is 1.39. The predicted octanol–water partition coefficient (Wildman–Crippen LogP) is 2.66. The molecular weight excluding hydrogens is 226 g/mol. The van der Waals surface area contributed by atoms with E-state index in [1.54, 1.807) is 0 Å². The smallest absolute Gasteiger partial charge is 0.227 e. The molecule has 18 heavy (non-hydrogen) atoms. The van der Waals surface area contributed by atoms with E-state index in [2.05, 4.69) is 46.6 Å². The van der Waals surface area contributed by atoms with E-state index >= 15 is 0 Å². The van der Waals surface area contributed by atoms with E-state index in [1.165, 1.54) is 5.56 Å². The maximum Gasteiger partial charge on any atom is 0.227 e. The summed E-state index contributed by atoms with van der Waals surface area (Å²) in [7, 11) is 0. The molecule has 0 aliphatic heterocycles. The Balaban J connectivity index is 1.84. The molecule has 0 aliphatic carbocycles. The zero-order valence-electron chi connectivity index (χ0n) is 10.9. The van der Waals surface area contributed by atoms with Crippen molar-refractivity contribution in [1.29, 1.82) is 0 Å². The summed E-state index contributed by atoms with van der Waals surface area (Å²) in [6.07, 6.45) is 1.83. The fraction of sp³-hybridized carbons (Fsp3) is 0.429. The summed E-state index contributed by atoms with van der Waals surface area (Å²) in [6, 6.07) is 10.9. The Morgan fingerprint density at radius 3 is 2.67 bits per heavy atom. The lowest BCUT2D eigenvalue weighted by Crippen LogP contribution is -2.23. The van der Waals surface area contributed by atoms with Crippen LogP contribution in [0.15, 0.2) is 34.9 Å². The first-order chi connectivity index (χ1) is 8.79. The number of hydrogen-bond donors (Lipinski definition) is 1. The van der Waals surface area contributed by atoms with Crippen LogP contribution < -0.4 is 5.32 Å². The third-order valence-corrected chi connectivity index (χ3v) is 2.91. The molecule has 1 heterocycles. The van der Waals surface area contributed by atoms with Gasteiger partial charge in [-0.2, -0.15) is 4.98 Å². The van der Waals surface area contributed by atoms with Gasteiger partial charge < -0.3 is 9.84 Å². The number of hydrogen-bond acceptors (Lipinski definition) is 4. The van der Waals surface area contributed by atoms with Crippen molar-refractivity contribution < 1.29 is 4.52 Å². The van der Waals surface area contributed by atoms with Crippen LogP contribution in [0.4, 0.5) is 0 Å². The number of aryl methyl sites for hydroxylation is 1. The minimum absolute atomic E-state index is 0.384. The Bertz CT molecular complexity index is 467. The molecule has 0 fully saturated rings. The second-order valence-electron chi connectivity index (χ2n) is 4.31. The summed E-state index contributed by atoms with van der Waals surface area (Å²) in [6.45, 7) is 4.86. The van der Waals surface area contributed by atoms with Crippen molar-refractivity contribution in [3.8, 4) is 0 Å². The Morgan fingerprint density at radius 1 is 1.28 bits per heavy atom. The highest BCUT2D eigenvalue weighted by molar-refractivity contribution is 5.18. The molecule has 0 amide bonds. The number of benzene rings is 1. The van der Waals surface area contributed by atoms with Crippen LogP contribution in [0, 0.1) is 6.92 Å². The van der Waals surface area contributed by atoms with Gasteiger partial charge in [-0.05, 0) is 18.9 Å². The molecule has 0 saturated heterocycles. The van der Waals surface area contributed by atoms with Crippen molar-refractivity contribution in [3.05, 3.63) is 47.6 Å². The van der Waals surface area contributed by atoms with Crippen LogP contribution in [0.5, 0.6) is 0 Å². The lowest BCUT2D eigenvalue weighted by Gasteiger charge is -2.16. The molecule has 2 aromatic rings. The standard InChI is InChI=1S/C14H19N3O/c1-3-13(12-7-5-4-6-8-12)15-10-9-14-16-11(2)17-18-14/h4-8,13,15H,3,9-10H2,1-2H3. The highest BCUT2D eigenvalue weighted by Gasteiger charge is 2.08. The topological polar surface area (TPSA) is 51.0 Å². The number of nitrogens with zero attached hydrogens (tertiary/aromatic N) is 2. The quantitative estimate of drug-likeness (QED) is 0.850. The first-order valence-electron chi connectivity index (χ1n) is 6.37. The third-order valence-electron chi connectivity index (χ3n) is 2.91. The third kappa shape index (κ3) is 3.40. The first kappa shape index (κ1) is 12.8. The Labute approximate surface area is 107 Å². The molecule has 2 rings (SSSR count). The highest BCUT2D eigenvalue weighted by Crippen LogP contribution is 2.15. The largest absolute Gasteiger partial charge is 0.339 e. The fourth-order valence-corrected chi connectivity index (χ4v) is 1.98. The van der Waals surface area contributed by atoms with Crippen molar-refractivity contribution in [2.45, 2.75) is 32.7 Å². The molecule has 4 nitrogen and oxygen atoms in total. The van der Waals surface area contributed by atoms with Gasteiger partial charge in [0.25, 0.3) is 0 Å². The van der Waals surface area contributed by atoms with Gasteiger partial charge in [-0.25, -0.2) is 0 Å². The van der Waals surface area contributed by atoms with Crippen LogP contribution in [0.2, 0.25) is 0 Å². The molecule has 0 saturated carbocycles. The van der Waals surface area contributed by atoms with Gasteiger partial charge >= 0.3 is 0 Å². The zero-order valence-corrected chi connectivity index (χ0v) is 10.9. The van der Waals surface area contributed by atoms with Gasteiger partial charge in [0, 0.05) is 19.0 Å². The molecule has 96 valence electrons. The van der Waals surface area contributed by atoms with Crippen molar-refractivity contribution in [1.82, 2.24) is 15.5 Å². The van der Waals surface area contributed by atoms with Crippen LogP contribution >= 0.6 is 0 Å². The summed E-state index contributed by atoms with van der Waals surface area (Å²) < 4.78 is 5.08. The molecule has 4 heteroatoms. The lowest BCUT2D eigenvalue weighted by molar-refractivity contribution is 0.368. The number of rotatable bonds is 6. The zero-order chi connectivity index (χ0) is 12.8. The van der Waals surface area contributed by atoms with E-state index < -0.39 is 0 Å². The summed E-state index contributed by atoms with van der Waals surface area (Å²) in [5, 5.41) is 7.29. The van der Waals surface area contributed by atoms with E-state index in [9.17, 15) is 0 Å². The summed E-state index contributed by atoms with van der Waals surface area (Å²) in [5.41, 5.74) is 1.32. The van der Waals surface area contributed by atoms with Crippen LogP contribution in [0.3, 0.4) is 0 Å². The lowest BCUT2D eigenvalue weighted by atomic mass is 10.0. The molecule has 1 aromatic heterocycles. The second-order valence-corrected chi connectivity index (χ2v) is 4.31. The van der Waals surface area contributed by atoms with E-state index in [0.717, 1.165) is 19.4 Å². The molecule has 1 unspecified atom stereocenters. The monoisotopic (exact) mass is 245 g/mol. The molecular formula is C14H19N3O. The van der Waals surface area contributed by atoms with Gasteiger partial charge in [-0.15, -0.1) is 0 Å². The predicted molar refractivity (Wildman–Crippen MR) is 70.2 cm³/mol. The van der Waals surface area contributed by atoms with Gasteiger partial charge in [0.2, 0.25) is 5.89 Å². The van der Waals surface area contributed by atoms with E-state index in [-0.39, 0.29) is 0 Å². The maximum absolute atomic E-state index is 5.08. The van der Waals surface area contributed by atoms with Gasteiger partial charge in [-0.1, -0.05) is 42.4 Å². The van der Waals surface area contributed by atoms with Crippen molar-refractivity contribution in [3.63, 3.8) is 0 Å².